The predicted molar refractivity (Wildman–Crippen MR) is 156 cm³/mol. The maximum atomic E-state index is 13.9. The lowest BCUT2D eigenvalue weighted by molar-refractivity contribution is -0.122. The first-order chi connectivity index (χ1) is 19.3. The van der Waals surface area contributed by atoms with E-state index in [-0.39, 0.29) is 29.2 Å². The highest BCUT2D eigenvalue weighted by Gasteiger charge is 2.56. The van der Waals surface area contributed by atoms with Crippen molar-refractivity contribution in [3.05, 3.63) is 103 Å². The van der Waals surface area contributed by atoms with Gasteiger partial charge >= 0.3 is 4.87 Å². The molecule has 4 aromatic rings. The van der Waals surface area contributed by atoms with E-state index in [4.69, 9.17) is 16.3 Å². The van der Waals surface area contributed by atoms with Crippen LogP contribution in [0.2, 0.25) is 5.02 Å². The van der Waals surface area contributed by atoms with Gasteiger partial charge in [0.15, 0.2) is 6.61 Å². The number of nitrogens with zero attached hydrogens (tertiary/aromatic N) is 1. The van der Waals surface area contributed by atoms with Crippen LogP contribution in [0.25, 0.3) is 0 Å². The lowest BCUT2D eigenvalue weighted by atomic mass is 9.82. The number of benzene rings is 3. The number of carbonyl (C=O) groups is 3. The van der Waals surface area contributed by atoms with Crippen LogP contribution in [-0.2, 0) is 14.4 Å². The Morgan fingerprint density at radius 3 is 2.50 bits per heavy atom. The summed E-state index contributed by atoms with van der Waals surface area (Å²) in [5, 5.41) is 3.16. The van der Waals surface area contributed by atoms with Gasteiger partial charge in [-0.05, 0) is 48.9 Å². The largest absolute Gasteiger partial charge is 0.483 e. The number of aryl methyl sites for hydroxylation is 1. The van der Waals surface area contributed by atoms with Crippen LogP contribution in [0.4, 0.5) is 11.4 Å². The van der Waals surface area contributed by atoms with Crippen molar-refractivity contribution >= 4 is 63.8 Å². The molecule has 3 amide bonds. The standard InChI is InChI=1S/C29H22ClN3O5S2/c1-15-6-2-4-8-19(15)31-21(34)14-38-20-9-5-3-7-18(20)22-23-25(39-26-24(22)40-29(37)32-26)28(36)33(27(23)35)17-12-10-16(30)11-13-17/h2-13,22-23,25H,14H2,1H3,(H,31,34)(H,32,37)/t22-,23-,25+/m0/s1. The van der Waals surface area contributed by atoms with Gasteiger partial charge in [0.05, 0.1) is 16.6 Å². The minimum atomic E-state index is -0.780. The molecule has 3 atom stereocenters. The molecule has 2 aliphatic rings. The lowest BCUT2D eigenvalue weighted by Crippen LogP contribution is -2.32. The number of ether oxygens (including phenoxy) is 1. The van der Waals surface area contributed by atoms with Gasteiger partial charge in [-0.3, -0.25) is 19.2 Å². The van der Waals surface area contributed by atoms with Crippen LogP contribution in [0.3, 0.4) is 0 Å². The highest BCUT2D eigenvalue weighted by molar-refractivity contribution is 8.00. The zero-order valence-corrected chi connectivity index (χ0v) is 23.4. The van der Waals surface area contributed by atoms with Crippen molar-refractivity contribution < 1.29 is 19.1 Å². The highest BCUT2D eigenvalue weighted by atomic mass is 35.5. The number of aromatic nitrogens is 1. The topological polar surface area (TPSA) is 109 Å². The molecule has 8 nitrogen and oxygen atoms in total. The number of rotatable bonds is 6. The zero-order valence-electron chi connectivity index (χ0n) is 21.1. The normalized spacial score (nSPS) is 19.8. The number of thiazole rings is 1. The number of amides is 3. The summed E-state index contributed by atoms with van der Waals surface area (Å²) in [6.45, 7) is 1.64. The molecule has 1 aromatic heterocycles. The number of para-hydroxylation sites is 2. The van der Waals surface area contributed by atoms with Crippen molar-refractivity contribution in [1.82, 2.24) is 4.98 Å². The summed E-state index contributed by atoms with van der Waals surface area (Å²) >= 11 is 8.25. The molecule has 0 spiro atoms. The second-order valence-electron chi connectivity index (χ2n) is 9.43. The maximum absolute atomic E-state index is 13.9. The summed E-state index contributed by atoms with van der Waals surface area (Å²) in [5.41, 5.74) is 2.67. The molecule has 0 bridgehead atoms. The van der Waals surface area contributed by atoms with Crippen LogP contribution in [-0.4, -0.2) is 34.6 Å². The van der Waals surface area contributed by atoms with Crippen molar-refractivity contribution in [2.24, 2.45) is 5.92 Å². The van der Waals surface area contributed by atoms with Crippen LogP contribution in [0, 0.1) is 12.8 Å². The minimum absolute atomic E-state index is 0.263. The van der Waals surface area contributed by atoms with E-state index in [1.807, 2.05) is 37.3 Å². The highest BCUT2D eigenvalue weighted by Crippen LogP contribution is 2.54. The van der Waals surface area contributed by atoms with Crippen molar-refractivity contribution in [3.63, 3.8) is 0 Å². The Bertz CT molecular complexity index is 1700. The first-order valence-electron chi connectivity index (χ1n) is 12.4. The van der Waals surface area contributed by atoms with E-state index in [0.717, 1.165) is 16.9 Å². The van der Waals surface area contributed by atoms with Gasteiger partial charge < -0.3 is 15.0 Å². The first-order valence-corrected chi connectivity index (χ1v) is 14.5. The molecule has 6 rings (SSSR count). The van der Waals surface area contributed by atoms with E-state index in [2.05, 4.69) is 10.3 Å². The molecule has 202 valence electrons. The number of imide groups is 1. The van der Waals surface area contributed by atoms with E-state index >= 15 is 0 Å². The van der Waals surface area contributed by atoms with Gasteiger partial charge in [-0.2, -0.15) is 0 Å². The van der Waals surface area contributed by atoms with E-state index < -0.39 is 17.1 Å². The third kappa shape index (κ3) is 4.72. The quantitative estimate of drug-likeness (QED) is 0.298. The molecule has 2 aliphatic heterocycles. The SMILES string of the molecule is Cc1ccccc1NC(=O)COc1ccccc1[C@@H]1c2sc(=O)[nH]c2S[C@H]2C(=O)N(c3ccc(Cl)cc3)C(=O)[C@@H]12. The Morgan fingerprint density at radius 2 is 1.73 bits per heavy atom. The number of hydrogen-bond acceptors (Lipinski definition) is 7. The fourth-order valence-corrected chi connectivity index (χ4v) is 7.74. The van der Waals surface area contributed by atoms with Gasteiger partial charge in [-0.25, -0.2) is 4.90 Å². The number of halogens is 1. The van der Waals surface area contributed by atoms with Crippen LogP contribution in [0.1, 0.15) is 21.9 Å². The summed E-state index contributed by atoms with van der Waals surface area (Å²) in [6.07, 6.45) is 0. The molecule has 0 saturated carbocycles. The fraction of sp³-hybridized carbons (Fsp3) is 0.172. The number of hydrogen-bond donors (Lipinski definition) is 2. The third-order valence-electron chi connectivity index (χ3n) is 6.94. The Hall–Kier alpha value is -3.86. The smallest absolute Gasteiger partial charge is 0.305 e. The van der Waals surface area contributed by atoms with Crippen LogP contribution < -0.4 is 19.8 Å². The first kappa shape index (κ1) is 26.4. The average Bonchev–Trinajstić information content (AvgIpc) is 3.44. The Balaban J connectivity index is 1.34. The van der Waals surface area contributed by atoms with Gasteiger partial charge in [0.25, 0.3) is 5.91 Å². The van der Waals surface area contributed by atoms with Gasteiger partial charge in [0, 0.05) is 27.1 Å². The van der Waals surface area contributed by atoms with Gasteiger partial charge in [-0.15, -0.1) is 0 Å². The fourth-order valence-electron chi connectivity index (χ4n) is 5.11. The molecular weight excluding hydrogens is 570 g/mol. The van der Waals surface area contributed by atoms with Gasteiger partial charge in [-0.1, -0.05) is 71.1 Å². The van der Waals surface area contributed by atoms with Gasteiger partial charge in [0.1, 0.15) is 11.0 Å². The van der Waals surface area contributed by atoms with Crippen molar-refractivity contribution in [2.75, 3.05) is 16.8 Å². The van der Waals surface area contributed by atoms with Gasteiger partial charge in [0.2, 0.25) is 11.8 Å². The molecular formula is C29H22ClN3O5S2. The maximum Gasteiger partial charge on any atom is 0.305 e. The molecule has 2 N–H and O–H groups in total. The Labute approximate surface area is 242 Å². The van der Waals surface area contributed by atoms with E-state index in [0.29, 0.717) is 37.6 Å². The molecule has 3 aromatic carbocycles. The van der Waals surface area contributed by atoms with Crippen LogP contribution in [0.5, 0.6) is 5.75 Å². The number of fused-ring (bicyclic) bond motifs is 2. The van der Waals surface area contributed by atoms with Crippen molar-refractivity contribution in [1.29, 1.82) is 0 Å². The molecule has 0 aliphatic carbocycles. The second-order valence-corrected chi connectivity index (χ2v) is 12.0. The predicted octanol–water partition coefficient (Wildman–Crippen LogP) is 5.21. The summed E-state index contributed by atoms with van der Waals surface area (Å²) in [6, 6.07) is 21.1. The monoisotopic (exact) mass is 591 g/mol. The number of thioether (sulfide) groups is 1. The number of aromatic amines is 1. The van der Waals surface area contributed by atoms with E-state index in [9.17, 15) is 19.2 Å². The summed E-state index contributed by atoms with van der Waals surface area (Å²) in [7, 11) is 0. The number of nitrogens with one attached hydrogen (secondary N) is 2. The zero-order chi connectivity index (χ0) is 28.0. The Morgan fingerprint density at radius 1 is 1.00 bits per heavy atom. The molecule has 0 unspecified atom stereocenters. The summed E-state index contributed by atoms with van der Waals surface area (Å²) in [4.78, 5) is 57.1. The Kier molecular flexibility index (Phi) is 6.99. The molecule has 0 radical (unpaired) electrons. The third-order valence-corrected chi connectivity index (χ3v) is 9.59. The minimum Gasteiger partial charge on any atom is -0.483 e. The van der Waals surface area contributed by atoms with Crippen molar-refractivity contribution in [2.45, 2.75) is 23.1 Å². The van der Waals surface area contributed by atoms with Crippen molar-refractivity contribution in [3.8, 4) is 5.75 Å². The molecule has 11 heteroatoms. The number of anilines is 2. The molecule has 40 heavy (non-hydrogen) atoms. The number of H-pyrrole nitrogens is 1. The number of carbonyl (C=O) groups excluding carboxylic acids is 3. The molecule has 3 heterocycles. The molecule has 1 fully saturated rings. The van der Waals surface area contributed by atoms with Crippen LogP contribution >= 0.6 is 34.7 Å². The van der Waals surface area contributed by atoms with E-state index in [1.165, 1.54) is 16.7 Å². The second kappa shape index (κ2) is 10.6. The van der Waals surface area contributed by atoms with Crippen LogP contribution in [0.15, 0.2) is 82.6 Å². The lowest BCUT2D eigenvalue weighted by Gasteiger charge is -2.30. The molecule has 1 saturated heterocycles. The van der Waals surface area contributed by atoms with E-state index in [1.54, 1.807) is 42.5 Å². The average molecular weight is 592 g/mol. The summed E-state index contributed by atoms with van der Waals surface area (Å²) in [5.74, 6) is -2.08. The summed E-state index contributed by atoms with van der Waals surface area (Å²) < 4.78 is 5.99.